The normalized spacial score (nSPS) is 20.2. The zero-order chi connectivity index (χ0) is 14.9. The van der Waals surface area contributed by atoms with E-state index < -0.39 is 16.1 Å². The van der Waals surface area contributed by atoms with Crippen LogP contribution in [0.2, 0.25) is 0 Å². The summed E-state index contributed by atoms with van der Waals surface area (Å²) in [6.45, 7) is 0.858. The van der Waals surface area contributed by atoms with Gasteiger partial charge in [0.1, 0.15) is 6.04 Å². The van der Waals surface area contributed by atoms with Crippen LogP contribution in [0.15, 0.2) is 12.4 Å². The highest BCUT2D eigenvalue weighted by Crippen LogP contribution is 2.22. The zero-order valence-corrected chi connectivity index (χ0v) is 12.8. The first-order valence-corrected chi connectivity index (χ1v) is 8.33. The van der Waals surface area contributed by atoms with Crippen LogP contribution in [0.25, 0.3) is 0 Å². The molecule has 0 spiro atoms. The molecule has 7 nitrogen and oxygen atoms in total. The van der Waals surface area contributed by atoms with Crippen molar-refractivity contribution >= 4 is 15.9 Å². The van der Waals surface area contributed by atoms with Gasteiger partial charge in [0.05, 0.1) is 12.5 Å². The lowest BCUT2D eigenvalue weighted by molar-refractivity contribution is -0.133. The molecule has 0 radical (unpaired) electrons. The van der Waals surface area contributed by atoms with E-state index >= 15 is 0 Å². The Morgan fingerprint density at radius 2 is 2.25 bits per heavy atom. The molecule has 0 bridgehead atoms. The Kier molecular flexibility index (Phi) is 4.14. The molecule has 1 atom stereocenters. The maximum atomic E-state index is 12.4. The summed E-state index contributed by atoms with van der Waals surface area (Å²) in [5.41, 5.74) is 0.923. The van der Waals surface area contributed by atoms with Gasteiger partial charge in [-0.25, -0.2) is 8.42 Å². The van der Waals surface area contributed by atoms with Crippen molar-refractivity contribution in [2.24, 2.45) is 7.05 Å². The Morgan fingerprint density at radius 3 is 2.80 bits per heavy atom. The van der Waals surface area contributed by atoms with Crippen molar-refractivity contribution in [2.75, 3.05) is 19.8 Å². The largest absolute Gasteiger partial charge is 0.340 e. The molecular formula is C12H20N4O3S. The molecule has 1 aromatic heterocycles. The quantitative estimate of drug-likeness (QED) is 0.772. The number of sulfonamides is 1. The van der Waals surface area contributed by atoms with Crippen molar-refractivity contribution in [3.63, 3.8) is 0 Å². The minimum Gasteiger partial charge on any atom is -0.340 e. The van der Waals surface area contributed by atoms with E-state index in [1.54, 1.807) is 22.8 Å². The predicted octanol–water partition coefficient (Wildman–Crippen LogP) is -0.197. The molecule has 1 aliphatic heterocycles. The first-order valence-electron chi connectivity index (χ1n) is 6.48. The van der Waals surface area contributed by atoms with Crippen molar-refractivity contribution in [3.8, 4) is 0 Å². The zero-order valence-electron chi connectivity index (χ0n) is 12.0. The van der Waals surface area contributed by atoms with Gasteiger partial charge in [0.2, 0.25) is 15.9 Å². The lowest BCUT2D eigenvalue weighted by Gasteiger charge is -2.26. The molecule has 1 fully saturated rings. The summed E-state index contributed by atoms with van der Waals surface area (Å²) in [7, 11) is 0.172. The van der Waals surface area contributed by atoms with Gasteiger partial charge in [-0.3, -0.25) is 9.48 Å². The lowest BCUT2D eigenvalue weighted by atomic mass is 10.2. The summed E-state index contributed by atoms with van der Waals surface area (Å²) in [5, 5.41) is 4.05. The molecule has 20 heavy (non-hydrogen) atoms. The molecule has 0 aromatic carbocycles. The summed E-state index contributed by atoms with van der Waals surface area (Å²) >= 11 is 0. The lowest BCUT2D eigenvalue weighted by Crippen LogP contribution is -2.45. The van der Waals surface area contributed by atoms with Gasteiger partial charge in [-0.05, 0) is 12.8 Å². The average Bonchev–Trinajstić information content (AvgIpc) is 2.96. The van der Waals surface area contributed by atoms with Gasteiger partial charge in [-0.1, -0.05) is 0 Å². The molecule has 1 aliphatic rings. The average molecular weight is 300 g/mol. The van der Waals surface area contributed by atoms with Gasteiger partial charge in [0.15, 0.2) is 0 Å². The van der Waals surface area contributed by atoms with Crippen LogP contribution >= 0.6 is 0 Å². The fourth-order valence-electron chi connectivity index (χ4n) is 2.54. The van der Waals surface area contributed by atoms with Gasteiger partial charge < -0.3 is 4.90 Å². The van der Waals surface area contributed by atoms with E-state index in [4.69, 9.17) is 0 Å². The third-order valence-corrected chi connectivity index (χ3v) is 4.76. The van der Waals surface area contributed by atoms with Crippen molar-refractivity contribution in [2.45, 2.75) is 25.4 Å². The van der Waals surface area contributed by atoms with Crippen LogP contribution in [-0.2, 0) is 28.4 Å². The topological polar surface area (TPSA) is 75.5 Å². The van der Waals surface area contributed by atoms with E-state index in [1.807, 2.05) is 13.2 Å². The van der Waals surface area contributed by atoms with Gasteiger partial charge in [-0.15, -0.1) is 0 Å². The monoisotopic (exact) mass is 300 g/mol. The fourth-order valence-corrected chi connectivity index (χ4v) is 3.66. The van der Waals surface area contributed by atoms with Crippen LogP contribution in [-0.4, -0.2) is 59.2 Å². The van der Waals surface area contributed by atoms with Gasteiger partial charge in [0, 0.05) is 38.9 Å². The highest BCUT2D eigenvalue weighted by Gasteiger charge is 2.37. The van der Waals surface area contributed by atoms with E-state index in [0.717, 1.165) is 18.2 Å². The van der Waals surface area contributed by atoms with Crippen LogP contribution in [0.3, 0.4) is 0 Å². The van der Waals surface area contributed by atoms with E-state index in [0.29, 0.717) is 19.5 Å². The summed E-state index contributed by atoms with van der Waals surface area (Å²) in [5.74, 6) is -0.156. The Balaban J connectivity index is 2.06. The summed E-state index contributed by atoms with van der Waals surface area (Å²) in [6.07, 6.45) is 6.01. The number of carbonyl (C=O) groups excluding carboxylic acids is 1. The number of nitrogens with zero attached hydrogens (tertiary/aromatic N) is 4. The highest BCUT2D eigenvalue weighted by molar-refractivity contribution is 7.88. The number of aryl methyl sites for hydroxylation is 1. The third-order valence-electron chi connectivity index (χ3n) is 3.47. The second-order valence-corrected chi connectivity index (χ2v) is 7.18. The van der Waals surface area contributed by atoms with Crippen LogP contribution in [0.4, 0.5) is 0 Å². The number of aromatic nitrogens is 2. The molecule has 112 valence electrons. The van der Waals surface area contributed by atoms with E-state index in [2.05, 4.69) is 5.10 Å². The fraction of sp³-hybridized carbons (Fsp3) is 0.667. The molecule has 0 N–H and O–H groups in total. The molecule has 2 heterocycles. The first-order chi connectivity index (χ1) is 9.29. The second kappa shape index (κ2) is 5.53. The number of carbonyl (C=O) groups is 1. The van der Waals surface area contributed by atoms with E-state index in [1.165, 1.54) is 4.31 Å². The molecule has 8 heteroatoms. The molecule has 1 unspecified atom stereocenters. The molecule has 2 rings (SSSR count). The number of amides is 1. The Bertz CT molecular complexity index is 596. The molecule has 1 aromatic rings. The van der Waals surface area contributed by atoms with Crippen molar-refractivity contribution in [1.29, 1.82) is 0 Å². The summed E-state index contributed by atoms with van der Waals surface area (Å²) < 4.78 is 26.3. The number of hydrogen-bond donors (Lipinski definition) is 0. The van der Waals surface area contributed by atoms with Crippen LogP contribution in [0, 0.1) is 0 Å². The molecule has 0 saturated carbocycles. The van der Waals surface area contributed by atoms with Crippen LogP contribution < -0.4 is 0 Å². The molecule has 1 amide bonds. The van der Waals surface area contributed by atoms with Crippen molar-refractivity contribution < 1.29 is 13.2 Å². The maximum Gasteiger partial charge on any atom is 0.241 e. The standard InChI is InChI=1S/C12H20N4O3S/c1-14(8-10-7-13-15(2)9-10)12(17)11-5-4-6-16(11)20(3,18)19/h7,9,11H,4-6,8H2,1-3H3. The van der Waals surface area contributed by atoms with Gasteiger partial charge >= 0.3 is 0 Å². The smallest absolute Gasteiger partial charge is 0.241 e. The van der Waals surface area contributed by atoms with Crippen LogP contribution in [0.5, 0.6) is 0 Å². The molecule has 1 saturated heterocycles. The van der Waals surface area contributed by atoms with E-state index in [9.17, 15) is 13.2 Å². The first kappa shape index (κ1) is 15.0. The molecular weight excluding hydrogens is 280 g/mol. The SMILES string of the molecule is CN(Cc1cnn(C)c1)C(=O)C1CCCN1S(C)(=O)=O. The minimum atomic E-state index is -3.33. The molecule has 0 aliphatic carbocycles. The highest BCUT2D eigenvalue weighted by atomic mass is 32.2. The Hall–Kier alpha value is -1.41. The number of hydrogen-bond acceptors (Lipinski definition) is 4. The predicted molar refractivity (Wildman–Crippen MR) is 74.3 cm³/mol. The van der Waals surface area contributed by atoms with Gasteiger partial charge in [0.25, 0.3) is 0 Å². The third kappa shape index (κ3) is 3.18. The van der Waals surface area contributed by atoms with Gasteiger partial charge in [-0.2, -0.15) is 9.40 Å². The van der Waals surface area contributed by atoms with Crippen molar-refractivity contribution in [3.05, 3.63) is 18.0 Å². The minimum absolute atomic E-state index is 0.156. The summed E-state index contributed by atoms with van der Waals surface area (Å²) in [4.78, 5) is 14.0. The number of likely N-dealkylation sites (N-methyl/N-ethyl adjacent to an activating group) is 1. The summed E-state index contributed by atoms with van der Waals surface area (Å²) in [6, 6.07) is -0.563. The Labute approximate surface area is 119 Å². The van der Waals surface area contributed by atoms with Crippen LogP contribution in [0.1, 0.15) is 18.4 Å². The van der Waals surface area contributed by atoms with Crippen molar-refractivity contribution in [1.82, 2.24) is 19.0 Å². The Morgan fingerprint density at radius 1 is 1.55 bits per heavy atom. The maximum absolute atomic E-state index is 12.4. The second-order valence-electron chi connectivity index (χ2n) is 5.25. The van der Waals surface area contributed by atoms with E-state index in [-0.39, 0.29) is 5.91 Å². The number of rotatable bonds is 4.